The smallest absolute Gasteiger partial charge is 0.321 e. The van der Waals surface area contributed by atoms with Crippen LogP contribution in [0, 0.1) is 0 Å². The van der Waals surface area contributed by atoms with E-state index in [4.69, 9.17) is 9.47 Å². The van der Waals surface area contributed by atoms with Crippen molar-refractivity contribution in [1.82, 2.24) is 5.48 Å². The molecule has 0 aliphatic carbocycles. The van der Waals surface area contributed by atoms with Crippen molar-refractivity contribution in [2.24, 2.45) is 0 Å². The molecule has 1 unspecified atom stereocenters. The van der Waals surface area contributed by atoms with Gasteiger partial charge in [-0.3, -0.25) is 9.59 Å². The molecule has 0 aromatic heterocycles. The van der Waals surface area contributed by atoms with E-state index < -0.39 is 12.2 Å². The van der Waals surface area contributed by atoms with Gasteiger partial charge in [0.25, 0.3) is 0 Å². The Bertz CT molecular complexity index is 471. The maximum absolute atomic E-state index is 11.8. The average Bonchev–Trinajstić information content (AvgIpc) is 2.63. The molecule has 1 aliphatic heterocycles. The zero-order chi connectivity index (χ0) is 12.4. The van der Waals surface area contributed by atoms with E-state index in [9.17, 15) is 9.59 Å². The first-order valence-corrected chi connectivity index (χ1v) is 4.93. The summed E-state index contributed by atoms with van der Waals surface area (Å²) in [6.45, 7) is 1.22. The lowest BCUT2D eigenvalue weighted by atomic mass is 10.1. The van der Waals surface area contributed by atoms with Gasteiger partial charge in [-0.2, -0.15) is 0 Å². The van der Waals surface area contributed by atoms with Gasteiger partial charge >= 0.3 is 5.97 Å². The summed E-state index contributed by atoms with van der Waals surface area (Å²) in [6.07, 6.45) is -0.999. The number of methoxy groups -OCH3 is 1. The van der Waals surface area contributed by atoms with Crippen LogP contribution in [0.2, 0.25) is 0 Å². The third-order valence-electron chi connectivity index (χ3n) is 2.25. The van der Waals surface area contributed by atoms with Crippen LogP contribution < -0.4 is 15.0 Å². The molecular formula is C11H11NO5. The van der Waals surface area contributed by atoms with Crippen molar-refractivity contribution >= 4 is 11.8 Å². The lowest BCUT2D eigenvalue weighted by Crippen LogP contribution is -2.38. The quantitative estimate of drug-likeness (QED) is 0.778. The van der Waals surface area contributed by atoms with Crippen LogP contribution in [0.5, 0.6) is 11.5 Å². The summed E-state index contributed by atoms with van der Waals surface area (Å²) < 4.78 is 10.3. The zero-order valence-corrected chi connectivity index (χ0v) is 9.35. The first-order chi connectivity index (χ1) is 8.11. The maximum atomic E-state index is 11.8. The molecule has 0 spiro atoms. The second-order valence-electron chi connectivity index (χ2n) is 3.44. The summed E-state index contributed by atoms with van der Waals surface area (Å²) in [6, 6.07) is 4.86. The van der Waals surface area contributed by atoms with E-state index in [0.29, 0.717) is 17.1 Å². The molecule has 1 aromatic rings. The van der Waals surface area contributed by atoms with Gasteiger partial charge in [0.2, 0.25) is 12.0 Å². The second kappa shape index (κ2) is 4.42. The van der Waals surface area contributed by atoms with Crippen molar-refractivity contribution < 1.29 is 23.9 Å². The number of ether oxygens (including phenoxy) is 2. The highest BCUT2D eigenvalue weighted by atomic mass is 16.7. The maximum Gasteiger partial charge on any atom is 0.321 e. The van der Waals surface area contributed by atoms with Crippen LogP contribution in [0.3, 0.4) is 0 Å². The lowest BCUT2D eigenvalue weighted by molar-refractivity contribution is -0.152. The summed E-state index contributed by atoms with van der Waals surface area (Å²) in [5.74, 6) is 0.155. The molecule has 1 aliphatic rings. The Labute approximate surface area is 97.4 Å². The fraction of sp³-hybridized carbons (Fsp3) is 0.273. The predicted octanol–water partition coefficient (Wildman–Crippen LogP) is 0.664. The van der Waals surface area contributed by atoms with Gasteiger partial charge in [-0.05, 0) is 12.1 Å². The first kappa shape index (κ1) is 11.4. The Balaban J connectivity index is 2.14. The van der Waals surface area contributed by atoms with Crippen molar-refractivity contribution in [1.29, 1.82) is 0 Å². The van der Waals surface area contributed by atoms with E-state index in [0.717, 1.165) is 0 Å². The van der Waals surface area contributed by atoms with Crippen LogP contribution >= 0.6 is 0 Å². The Morgan fingerprint density at radius 1 is 1.47 bits per heavy atom. The topological polar surface area (TPSA) is 73.9 Å². The van der Waals surface area contributed by atoms with Crippen LogP contribution in [0.25, 0.3) is 0 Å². The molecule has 0 fully saturated rings. The minimum absolute atomic E-state index is 0.288. The highest BCUT2D eigenvalue weighted by Crippen LogP contribution is 2.31. The van der Waals surface area contributed by atoms with Crippen LogP contribution in [0.4, 0.5) is 0 Å². The van der Waals surface area contributed by atoms with Gasteiger partial charge in [0.05, 0.1) is 12.7 Å². The number of carbonyl (C=O) groups is 2. The number of rotatable bonds is 3. The molecule has 90 valence electrons. The van der Waals surface area contributed by atoms with Crippen molar-refractivity contribution in [3.63, 3.8) is 0 Å². The van der Waals surface area contributed by atoms with Crippen LogP contribution in [0.1, 0.15) is 17.3 Å². The van der Waals surface area contributed by atoms with Gasteiger partial charge < -0.3 is 14.3 Å². The van der Waals surface area contributed by atoms with E-state index in [1.807, 2.05) is 0 Å². The normalized spacial score (nSPS) is 17.3. The van der Waals surface area contributed by atoms with E-state index in [1.165, 1.54) is 14.0 Å². The van der Waals surface area contributed by atoms with Crippen LogP contribution in [0.15, 0.2) is 18.2 Å². The Hall–Kier alpha value is -2.08. The standard InChI is InChI=1S/C11H11NO5/c1-6(13)17-12-11-10(14)8-4-3-7(15-2)5-9(8)16-11/h3-5,11-12H,1-2H3. The minimum Gasteiger partial charge on any atom is -0.497 e. The molecule has 0 amide bonds. The van der Waals surface area contributed by atoms with E-state index in [2.05, 4.69) is 10.3 Å². The number of carbonyl (C=O) groups excluding carboxylic acids is 2. The molecule has 1 heterocycles. The number of Topliss-reactive ketones (excluding diaryl/α,β-unsaturated/α-hetero) is 1. The summed E-state index contributed by atoms with van der Waals surface area (Å²) in [7, 11) is 1.52. The molecule has 0 bridgehead atoms. The Morgan fingerprint density at radius 3 is 2.88 bits per heavy atom. The third-order valence-corrected chi connectivity index (χ3v) is 2.25. The highest BCUT2D eigenvalue weighted by molar-refractivity contribution is 6.04. The molecule has 1 atom stereocenters. The number of hydrogen-bond donors (Lipinski definition) is 1. The predicted molar refractivity (Wildman–Crippen MR) is 56.6 cm³/mol. The Kier molecular flexibility index (Phi) is 2.97. The van der Waals surface area contributed by atoms with E-state index in [-0.39, 0.29) is 5.78 Å². The van der Waals surface area contributed by atoms with Gasteiger partial charge in [-0.1, -0.05) is 0 Å². The van der Waals surface area contributed by atoms with Crippen LogP contribution in [-0.2, 0) is 9.63 Å². The fourth-order valence-corrected chi connectivity index (χ4v) is 1.47. The molecule has 17 heavy (non-hydrogen) atoms. The number of hydroxylamine groups is 1. The number of nitrogens with one attached hydrogen (secondary N) is 1. The first-order valence-electron chi connectivity index (χ1n) is 4.93. The molecule has 1 N–H and O–H groups in total. The van der Waals surface area contributed by atoms with Gasteiger partial charge in [-0.25, -0.2) is 0 Å². The summed E-state index contributed by atoms with van der Waals surface area (Å²) in [5, 5.41) is 0. The molecule has 0 radical (unpaired) electrons. The molecule has 0 saturated carbocycles. The van der Waals surface area contributed by atoms with Gasteiger partial charge in [0.1, 0.15) is 11.5 Å². The molecule has 6 heteroatoms. The van der Waals surface area contributed by atoms with Gasteiger partial charge in [-0.15, -0.1) is 5.48 Å². The number of ketones is 1. The van der Waals surface area contributed by atoms with Crippen LogP contribution in [-0.4, -0.2) is 25.1 Å². The fourth-order valence-electron chi connectivity index (χ4n) is 1.47. The van der Waals surface area contributed by atoms with Crippen molar-refractivity contribution in [3.8, 4) is 11.5 Å². The molecular weight excluding hydrogens is 226 g/mol. The summed E-state index contributed by atoms with van der Waals surface area (Å²) in [5.41, 5.74) is 2.68. The Morgan fingerprint density at radius 2 is 2.24 bits per heavy atom. The largest absolute Gasteiger partial charge is 0.497 e. The average molecular weight is 237 g/mol. The molecule has 1 aromatic carbocycles. The minimum atomic E-state index is -0.999. The molecule has 2 rings (SSSR count). The third kappa shape index (κ3) is 2.21. The number of fused-ring (bicyclic) bond motifs is 1. The highest BCUT2D eigenvalue weighted by Gasteiger charge is 2.33. The molecule has 6 nitrogen and oxygen atoms in total. The number of benzene rings is 1. The monoisotopic (exact) mass is 237 g/mol. The number of hydrogen-bond acceptors (Lipinski definition) is 6. The van der Waals surface area contributed by atoms with Crippen molar-refractivity contribution in [2.45, 2.75) is 13.2 Å². The second-order valence-corrected chi connectivity index (χ2v) is 3.44. The van der Waals surface area contributed by atoms with E-state index in [1.54, 1.807) is 18.2 Å². The SMILES string of the molecule is COc1ccc2c(c1)OC(NOC(C)=O)C2=O. The van der Waals surface area contributed by atoms with Gasteiger partial charge in [0.15, 0.2) is 0 Å². The van der Waals surface area contributed by atoms with Crippen molar-refractivity contribution in [2.75, 3.05) is 7.11 Å². The molecule has 0 saturated heterocycles. The zero-order valence-electron chi connectivity index (χ0n) is 9.35. The van der Waals surface area contributed by atoms with Gasteiger partial charge in [0, 0.05) is 13.0 Å². The summed E-state index contributed by atoms with van der Waals surface area (Å²) in [4.78, 5) is 26.9. The van der Waals surface area contributed by atoms with E-state index >= 15 is 0 Å². The lowest BCUT2D eigenvalue weighted by Gasteiger charge is -2.09. The van der Waals surface area contributed by atoms with Crippen molar-refractivity contribution in [3.05, 3.63) is 23.8 Å². The summed E-state index contributed by atoms with van der Waals surface area (Å²) >= 11 is 0.